The first-order chi connectivity index (χ1) is 22.3. The van der Waals surface area contributed by atoms with Crippen LogP contribution in [0.25, 0.3) is 0 Å². The molecule has 0 aromatic carbocycles. The van der Waals surface area contributed by atoms with E-state index in [4.69, 9.17) is 19.3 Å². The van der Waals surface area contributed by atoms with Crippen molar-refractivity contribution in [1.29, 1.82) is 0 Å². The highest BCUT2D eigenvalue weighted by atomic mass is 31.2. The van der Waals surface area contributed by atoms with Crippen LogP contribution >= 0.6 is 7.82 Å². The Hall–Kier alpha value is -1.47. The number of unbranched alkanes of at least 4 members (excludes halogenated alkanes) is 20. The predicted molar refractivity (Wildman–Crippen MR) is 189 cm³/mol. The standard InChI is InChI=1S/C37H69O8P/c1-3-5-7-9-11-13-15-17-18-20-22-24-26-28-30-32-37(39)45-35(34-44-46(40,41)42)33-43-36(38)31-29-27-25-23-21-19-16-14-12-10-8-6-4-2/h19,21-22,24,35H,3-18,20,23,25-34H2,1-2H3,(H2,40,41,42)/b21-19+,24-22+/t35-/m1/s1. The highest BCUT2D eigenvalue weighted by Crippen LogP contribution is 2.36. The number of hydrogen-bond acceptors (Lipinski definition) is 6. The largest absolute Gasteiger partial charge is 0.469 e. The minimum Gasteiger partial charge on any atom is -0.462 e. The van der Waals surface area contributed by atoms with E-state index >= 15 is 0 Å². The maximum atomic E-state index is 12.3. The van der Waals surface area contributed by atoms with Gasteiger partial charge in [0.15, 0.2) is 6.10 Å². The van der Waals surface area contributed by atoms with E-state index in [2.05, 4.69) is 42.7 Å². The Morgan fingerprint density at radius 3 is 1.37 bits per heavy atom. The van der Waals surface area contributed by atoms with Crippen molar-refractivity contribution in [1.82, 2.24) is 0 Å². The Labute approximate surface area is 281 Å². The third-order valence-electron chi connectivity index (χ3n) is 7.94. The summed E-state index contributed by atoms with van der Waals surface area (Å²) in [7, 11) is -4.75. The average Bonchev–Trinajstić information content (AvgIpc) is 3.02. The first-order valence-corrected chi connectivity index (χ1v) is 20.2. The Morgan fingerprint density at radius 1 is 0.543 bits per heavy atom. The van der Waals surface area contributed by atoms with Gasteiger partial charge in [0.2, 0.25) is 0 Å². The molecule has 0 aliphatic carbocycles. The van der Waals surface area contributed by atoms with Crippen LogP contribution in [0.2, 0.25) is 0 Å². The van der Waals surface area contributed by atoms with Gasteiger partial charge in [-0.2, -0.15) is 0 Å². The smallest absolute Gasteiger partial charge is 0.462 e. The van der Waals surface area contributed by atoms with Gasteiger partial charge in [-0.05, 0) is 64.2 Å². The Bertz CT molecular complexity index is 807. The third kappa shape index (κ3) is 35.4. The summed E-state index contributed by atoms with van der Waals surface area (Å²) in [6.07, 6.45) is 36.2. The van der Waals surface area contributed by atoms with Crippen LogP contribution < -0.4 is 0 Å². The van der Waals surface area contributed by atoms with E-state index in [0.29, 0.717) is 12.8 Å². The number of esters is 2. The lowest BCUT2D eigenvalue weighted by molar-refractivity contribution is -0.161. The quantitative estimate of drug-likeness (QED) is 0.0300. The minimum absolute atomic E-state index is 0.180. The number of phosphoric ester groups is 1. The number of phosphoric acid groups is 1. The summed E-state index contributed by atoms with van der Waals surface area (Å²) in [6.45, 7) is 3.63. The monoisotopic (exact) mass is 672 g/mol. The van der Waals surface area contributed by atoms with E-state index in [1.807, 2.05) is 0 Å². The van der Waals surface area contributed by atoms with Crippen LogP contribution in [0.15, 0.2) is 24.3 Å². The van der Waals surface area contributed by atoms with Gasteiger partial charge in [0, 0.05) is 12.8 Å². The van der Waals surface area contributed by atoms with Crippen LogP contribution in [0.4, 0.5) is 0 Å². The molecule has 9 heteroatoms. The number of rotatable bonds is 34. The number of hydrogen-bond donors (Lipinski definition) is 2. The fourth-order valence-corrected chi connectivity index (χ4v) is 5.49. The second kappa shape index (κ2) is 33.4. The molecule has 1 atom stereocenters. The summed E-state index contributed by atoms with van der Waals surface area (Å²) in [4.78, 5) is 42.6. The van der Waals surface area contributed by atoms with Crippen molar-refractivity contribution >= 4 is 19.8 Å². The molecule has 0 heterocycles. The SMILES string of the molecule is CCCCCCCC/C=C/CCCCCC(=O)OC[C@H](COP(=O)(O)O)OC(=O)CCCC/C=C/CCCCCCCCCCC. The number of ether oxygens (including phenoxy) is 2. The molecule has 0 saturated heterocycles. The van der Waals surface area contributed by atoms with Crippen molar-refractivity contribution in [2.75, 3.05) is 13.2 Å². The van der Waals surface area contributed by atoms with E-state index in [1.54, 1.807) is 0 Å². The first-order valence-electron chi connectivity index (χ1n) is 18.6. The molecule has 0 amide bonds. The van der Waals surface area contributed by atoms with Crippen molar-refractivity contribution in [2.24, 2.45) is 0 Å². The fraction of sp³-hybridized carbons (Fsp3) is 0.838. The predicted octanol–water partition coefficient (Wildman–Crippen LogP) is 10.8. The van der Waals surface area contributed by atoms with Gasteiger partial charge in [-0.3, -0.25) is 14.1 Å². The van der Waals surface area contributed by atoms with Crippen molar-refractivity contribution in [3.63, 3.8) is 0 Å². The zero-order valence-corrected chi connectivity index (χ0v) is 30.4. The van der Waals surface area contributed by atoms with Crippen LogP contribution in [0.1, 0.15) is 181 Å². The minimum atomic E-state index is -4.75. The molecule has 0 spiro atoms. The van der Waals surface area contributed by atoms with E-state index in [-0.39, 0.29) is 19.4 Å². The summed E-state index contributed by atoms with van der Waals surface area (Å²) in [6, 6.07) is 0. The molecular weight excluding hydrogens is 603 g/mol. The fourth-order valence-electron chi connectivity index (χ4n) is 5.13. The zero-order valence-electron chi connectivity index (χ0n) is 29.5. The van der Waals surface area contributed by atoms with Gasteiger partial charge in [0.1, 0.15) is 6.61 Å². The molecule has 0 fully saturated rings. The van der Waals surface area contributed by atoms with Crippen LogP contribution in [-0.4, -0.2) is 41.0 Å². The van der Waals surface area contributed by atoms with Gasteiger partial charge in [-0.15, -0.1) is 0 Å². The lowest BCUT2D eigenvalue weighted by Crippen LogP contribution is -2.29. The van der Waals surface area contributed by atoms with Gasteiger partial charge in [0.25, 0.3) is 0 Å². The molecule has 2 N–H and O–H groups in total. The average molecular weight is 673 g/mol. The zero-order chi connectivity index (χ0) is 34.0. The maximum absolute atomic E-state index is 12.3. The van der Waals surface area contributed by atoms with Gasteiger partial charge in [0.05, 0.1) is 6.61 Å². The second-order valence-electron chi connectivity index (χ2n) is 12.5. The maximum Gasteiger partial charge on any atom is 0.469 e. The molecule has 46 heavy (non-hydrogen) atoms. The van der Waals surface area contributed by atoms with Crippen LogP contribution in [-0.2, 0) is 28.2 Å². The molecule has 0 unspecified atom stereocenters. The highest BCUT2D eigenvalue weighted by molar-refractivity contribution is 7.46. The van der Waals surface area contributed by atoms with Gasteiger partial charge >= 0.3 is 19.8 Å². The lowest BCUT2D eigenvalue weighted by Gasteiger charge is -2.18. The molecule has 0 aromatic rings. The molecule has 0 rings (SSSR count). The Balaban J connectivity index is 4.02. The Kier molecular flexibility index (Phi) is 32.4. The molecule has 0 aliphatic rings. The van der Waals surface area contributed by atoms with Gasteiger partial charge < -0.3 is 19.3 Å². The molecule has 0 saturated carbocycles. The molecule has 270 valence electrons. The van der Waals surface area contributed by atoms with Crippen LogP contribution in [0.5, 0.6) is 0 Å². The topological polar surface area (TPSA) is 119 Å². The molecular formula is C37H69O8P. The summed E-state index contributed by atoms with van der Waals surface area (Å²) < 4.78 is 26.2. The normalized spacial score (nSPS) is 12.7. The van der Waals surface area contributed by atoms with E-state index in [9.17, 15) is 14.2 Å². The second-order valence-corrected chi connectivity index (χ2v) is 13.8. The summed E-state index contributed by atoms with van der Waals surface area (Å²) >= 11 is 0. The first kappa shape index (κ1) is 44.5. The molecule has 0 bridgehead atoms. The summed E-state index contributed by atoms with van der Waals surface area (Å²) in [5.74, 6) is -0.927. The Morgan fingerprint density at radius 2 is 0.913 bits per heavy atom. The van der Waals surface area contributed by atoms with Crippen molar-refractivity contribution in [3.8, 4) is 0 Å². The summed E-state index contributed by atoms with van der Waals surface area (Å²) in [5, 5.41) is 0. The van der Waals surface area contributed by atoms with Gasteiger partial charge in [-0.1, -0.05) is 128 Å². The number of carbonyl (C=O) groups excluding carboxylic acids is 2. The van der Waals surface area contributed by atoms with Gasteiger partial charge in [-0.25, -0.2) is 4.57 Å². The van der Waals surface area contributed by atoms with Crippen molar-refractivity contribution in [3.05, 3.63) is 24.3 Å². The van der Waals surface area contributed by atoms with Crippen molar-refractivity contribution < 1.29 is 37.9 Å². The van der Waals surface area contributed by atoms with E-state index < -0.39 is 32.5 Å². The highest BCUT2D eigenvalue weighted by Gasteiger charge is 2.22. The number of allylic oxidation sites excluding steroid dienone is 4. The van der Waals surface area contributed by atoms with Crippen molar-refractivity contribution in [2.45, 2.75) is 187 Å². The van der Waals surface area contributed by atoms with E-state index in [1.165, 1.54) is 96.3 Å². The molecule has 0 aliphatic heterocycles. The van der Waals surface area contributed by atoms with Crippen LogP contribution in [0.3, 0.4) is 0 Å². The molecule has 0 radical (unpaired) electrons. The summed E-state index contributed by atoms with van der Waals surface area (Å²) in [5.41, 5.74) is 0. The number of carbonyl (C=O) groups is 2. The van der Waals surface area contributed by atoms with Crippen LogP contribution in [0, 0.1) is 0 Å². The molecule has 8 nitrogen and oxygen atoms in total. The molecule has 0 aromatic heterocycles. The van der Waals surface area contributed by atoms with E-state index in [0.717, 1.165) is 44.9 Å². The third-order valence-corrected chi connectivity index (χ3v) is 8.43. The lowest BCUT2D eigenvalue weighted by atomic mass is 10.1.